The van der Waals surface area contributed by atoms with Gasteiger partial charge >= 0.3 is 18.0 Å². The van der Waals surface area contributed by atoms with Crippen molar-refractivity contribution in [2.24, 2.45) is 0 Å². The van der Waals surface area contributed by atoms with Crippen LogP contribution in [0.3, 0.4) is 0 Å². The number of ether oxygens (including phenoxy) is 1. The number of aryl methyl sites for hydroxylation is 2. The van der Waals surface area contributed by atoms with Crippen molar-refractivity contribution in [3.63, 3.8) is 0 Å². The molecular weight excluding hydrogens is 670 g/mol. The molecule has 5 amide bonds. The van der Waals surface area contributed by atoms with Crippen molar-refractivity contribution in [2.45, 2.75) is 90.3 Å². The fourth-order valence-corrected chi connectivity index (χ4v) is 8.62. The lowest BCUT2D eigenvalue weighted by Gasteiger charge is -2.43. The van der Waals surface area contributed by atoms with Gasteiger partial charge in [-0.25, -0.2) is 9.59 Å². The molecule has 12 heteroatoms. The highest BCUT2D eigenvalue weighted by atomic mass is 16.5. The van der Waals surface area contributed by atoms with Crippen LogP contribution in [0.2, 0.25) is 0 Å². The second kappa shape index (κ2) is 18.2. The number of carbonyl (C=O) groups is 4. The monoisotopic (exact) mass is 729 g/mol. The molecule has 3 saturated heterocycles. The van der Waals surface area contributed by atoms with Crippen molar-refractivity contribution in [2.75, 3.05) is 77.4 Å². The molecule has 1 atom stereocenters. The summed E-state index contributed by atoms with van der Waals surface area (Å²) in [6.45, 7) is 13.8. The largest absolute Gasteiger partial charge is 0.465 e. The van der Waals surface area contributed by atoms with Gasteiger partial charge in [-0.2, -0.15) is 0 Å². The normalized spacial score (nSPS) is 20.0. The van der Waals surface area contributed by atoms with Gasteiger partial charge in [0.25, 0.3) is 0 Å². The summed E-state index contributed by atoms with van der Waals surface area (Å²) in [5.41, 5.74) is 5.69. The molecule has 4 aliphatic rings. The molecule has 12 nitrogen and oxygen atoms in total. The second-order valence-corrected chi connectivity index (χ2v) is 15.0. The number of fused-ring (bicyclic) bond motifs is 1. The highest BCUT2D eigenvalue weighted by Crippen LogP contribution is 2.25. The van der Waals surface area contributed by atoms with E-state index in [2.05, 4.69) is 58.5 Å². The molecule has 6 rings (SSSR count). The van der Waals surface area contributed by atoms with Crippen molar-refractivity contribution < 1.29 is 23.9 Å². The average Bonchev–Trinajstić information content (AvgIpc) is 3.35. The minimum absolute atomic E-state index is 0.0135. The lowest BCUT2D eigenvalue weighted by atomic mass is 9.95. The Hall–Kier alpha value is -4.16. The van der Waals surface area contributed by atoms with Gasteiger partial charge in [0.05, 0.1) is 0 Å². The van der Waals surface area contributed by atoms with Crippen molar-refractivity contribution >= 4 is 29.6 Å². The molecule has 0 saturated carbocycles. The van der Waals surface area contributed by atoms with E-state index in [-0.39, 0.29) is 30.0 Å². The third-order valence-corrected chi connectivity index (χ3v) is 11.8. The number of rotatable bonds is 11. The van der Waals surface area contributed by atoms with E-state index >= 15 is 0 Å². The molecule has 2 aromatic rings. The second-order valence-electron chi connectivity index (χ2n) is 15.0. The molecule has 288 valence electrons. The summed E-state index contributed by atoms with van der Waals surface area (Å²) in [6.07, 6.45) is 6.34. The Balaban J connectivity index is 1.05. The van der Waals surface area contributed by atoms with Gasteiger partial charge in [-0.15, -0.1) is 0 Å². The first-order chi connectivity index (χ1) is 25.7. The van der Waals surface area contributed by atoms with Gasteiger partial charge in [0, 0.05) is 96.6 Å². The van der Waals surface area contributed by atoms with Gasteiger partial charge < -0.3 is 30.1 Å². The zero-order valence-electron chi connectivity index (χ0n) is 32.0. The number of para-hydroxylation sites is 1. The van der Waals surface area contributed by atoms with Crippen molar-refractivity contribution in [1.29, 1.82) is 0 Å². The van der Waals surface area contributed by atoms with Crippen LogP contribution in [-0.4, -0.2) is 139 Å². The van der Waals surface area contributed by atoms with Gasteiger partial charge in [-0.05, 0) is 73.3 Å². The highest BCUT2D eigenvalue weighted by Gasteiger charge is 2.35. The fourth-order valence-electron chi connectivity index (χ4n) is 8.62. The van der Waals surface area contributed by atoms with Crippen molar-refractivity contribution in [3.8, 4) is 0 Å². The maximum atomic E-state index is 14.3. The molecule has 4 aliphatic heterocycles. The van der Waals surface area contributed by atoms with Crippen LogP contribution in [0.25, 0.3) is 0 Å². The predicted octanol–water partition coefficient (Wildman–Crippen LogP) is 4.16. The topological polar surface area (TPSA) is 118 Å². The van der Waals surface area contributed by atoms with Crippen LogP contribution in [0, 0.1) is 0 Å². The molecule has 0 aromatic heterocycles. The zero-order valence-corrected chi connectivity index (χ0v) is 32.0. The number of piperidine rings is 2. The van der Waals surface area contributed by atoms with Crippen LogP contribution in [0.5, 0.6) is 0 Å². The number of nitrogens with one attached hydrogen (secondary N) is 2. The van der Waals surface area contributed by atoms with Gasteiger partial charge in [-0.3, -0.25) is 19.4 Å². The minimum atomic E-state index is -0.662. The number of amides is 5. The summed E-state index contributed by atoms with van der Waals surface area (Å²) in [5, 5.41) is 6.26. The number of hydrogen-bond donors (Lipinski definition) is 2. The summed E-state index contributed by atoms with van der Waals surface area (Å²) in [5.74, 6) is -0.251. The Morgan fingerprint density at radius 2 is 1.51 bits per heavy atom. The number of likely N-dealkylation sites (tertiary alicyclic amines) is 2. The molecule has 0 unspecified atom stereocenters. The average molecular weight is 730 g/mol. The summed E-state index contributed by atoms with van der Waals surface area (Å²) < 4.78 is 5.13. The smallest absolute Gasteiger partial charge is 0.322 e. The fraction of sp³-hybridized carbons (Fsp3) is 0.610. The van der Waals surface area contributed by atoms with Gasteiger partial charge in [0.1, 0.15) is 12.6 Å². The van der Waals surface area contributed by atoms with Crippen LogP contribution in [0.1, 0.15) is 68.7 Å². The van der Waals surface area contributed by atoms with Crippen LogP contribution in [0.15, 0.2) is 42.5 Å². The number of carbonyl (C=O) groups excluding carboxylic acids is 4. The van der Waals surface area contributed by atoms with Crippen LogP contribution in [-0.2, 0) is 40.0 Å². The predicted molar refractivity (Wildman–Crippen MR) is 206 cm³/mol. The quantitative estimate of drug-likeness (QED) is 0.334. The maximum absolute atomic E-state index is 14.3. The Kier molecular flexibility index (Phi) is 13.3. The molecule has 0 spiro atoms. The molecule has 53 heavy (non-hydrogen) atoms. The molecule has 0 radical (unpaired) electrons. The van der Waals surface area contributed by atoms with Crippen LogP contribution in [0.4, 0.5) is 15.3 Å². The Morgan fingerprint density at radius 1 is 0.830 bits per heavy atom. The van der Waals surface area contributed by atoms with Crippen molar-refractivity contribution in [3.05, 3.63) is 64.7 Å². The van der Waals surface area contributed by atoms with Gasteiger partial charge in [0.2, 0.25) is 5.91 Å². The first-order valence-corrected chi connectivity index (χ1v) is 19.9. The molecule has 0 bridgehead atoms. The Morgan fingerprint density at radius 3 is 2.21 bits per heavy atom. The van der Waals surface area contributed by atoms with E-state index in [1.54, 1.807) is 0 Å². The van der Waals surface area contributed by atoms with E-state index < -0.39 is 6.04 Å². The standard InChI is InChI=1S/C41H59N7O5/c1-4-32-11-10-31(28-33(32)5-2)29-38(39(50)46-17-13-35(14-18-46)45-24-22-44(23-25-45)26-27-53-30(3)49)43-40(51)47-19-15-36(16-20-47)48-21-12-34-8-6-7-9-37(34)42-41(48)52/h6-11,28,35-36,38H,4-5,12-27,29H2,1-3H3,(H,42,52)(H,43,51)/t38-/m1/s1. The van der Waals surface area contributed by atoms with E-state index in [0.717, 1.165) is 81.6 Å². The third kappa shape index (κ3) is 9.89. The maximum Gasteiger partial charge on any atom is 0.322 e. The highest BCUT2D eigenvalue weighted by molar-refractivity contribution is 5.91. The Bertz CT molecular complexity index is 1580. The third-order valence-electron chi connectivity index (χ3n) is 11.8. The summed E-state index contributed by atoms with van der Waals surface area (Å²) in [6, 6.07) is 14.0. The first-order valence-electron chi connectivity index (χ1n) is 19.9. The number of urea groups is 2. The molecule has 2 N–H and O–H groups in total. The molecule has 4 heterocycles. The van der Waals surface area contributed by atoms with E-state index in [0.29, 0.717) is 64.6 Å². The van der Waals surface area contributed by atoms with E-state index in [1.807, 2.05) is 32.9 Å². The minimum Gasteiger partial charge on any atom is -0.465 e. The molecule has 0 aliphatic carbocycles. The number of esters is 1. The van der Waals surface area contributed by atoms with E-state index in [9.17, 15) is 19.2 Å². The SMILES string of the molecule is CCc1ccc(C[C@@H](NC(=O)N2CCC(N3CCc4ccccc4NC3=O)CC2)C(=O)N2CCC(N3CCN(CCOC(C)=O)CC3)CC2)cc1CC. The number of anilines is 1. The Labute approximate surface area is 315 Å². The van der Waals surface area contributed by atoms with Crippen molar-refractivity contribution in [1.82, 2.24) is 29.8 Å². The lowest BCUT2D eigenvalue weighted by Crippen LogP contribution is -2.58. The van der Waals surface area contributed by atoms with E-state index in [4.69, 9.17) is 4.74 Å². The first kappa shape index (κ1) is 38.6. The molecule has 3 fully saturated rings. The summed E-state index contributed by atoms with van der Waals surface area (Å²) in [7, 11) is 0. The van der Waals surface area contributed by atoms with Crippen LogP contribution >= 0.6 is 0 Å². The van der Waals surface area contributed by atoms with Gasteiger partial charge in [0.15, 0.2) is 0 Å². The zero-order chi connectivity index (χ0) is 37.3. The van der Waals surface area contributed by atoms with Crippen LogP contribution < -0.4 is 10.6 Å². The molecule has 2 aromatic carbocycles. The number of piperazine rings is 1. The summed E-state index contributed by atoms with van der Waals surface area (Å²) in [4.78, 5) is 63.0. The summed E-state index contributed by atoms with van der Waals surface area (Å²) >= 11 is 0. The van der Waals surface area contributed by atoms with Gasteiger partial charge in [-0.1, -0.05) is 50.2 Å². The lowest BCUT2D eigenvalue weighted by molar-refractivity contribution is -0.141. The number of benzene rings is 2. The molecular formula is C41H59N7O5. The number of hydrogen-bond acceptors (Lipinski definition) is 7. The van der Waals surface area contributed by atoms with E-state index in [1.165, 1.54) is 18.1 Å². The number of nitrogens with zero attached hydrogens (tertiary/aromatic N) is 5.